The number of rotatable bonds is 14. The van der Waals surface area contributed by atoms with E-state index >= 15 is 0 Å². The quantitative estimate of drug-likeness (QED) is 0.152. The van der Waals surface area contributed by atoms with E-state index in [0.29, 0.717) is 24.5 Å². The van der Waals surface area contributed by atoms with Crippen LogP contribution in [0.2, 0.25) is 0 Å². The van der Waals surface area contributed by atoms with Gasteiger partial charge in [-0.15, -0.1) is 0 Å². The van der Waals surface area contributed by atoms with Crippen molar-refractivity contribution in [3.63, 3.8) is 0 Å². The SMILES string of the molecule is CCCC(CCCCC(=O)c1ccc(C)c(/C(C)=C(/C=C(\C)COC)CC)c1)c1ccc(C#N)cc1. The van der Waals surface area contributed by atoms with E-state index in [1.807, 2.05) is 18.2 Å². The second-order valence-corrected chi connectivity index (χ2v) is 9.85. The van der Waals surface area contributed by atoms with Crippen molar-refractivity contribution in [2.24, 2.45) is 0 Å². The third-order valence-electron chi connectivity index (χ3n) is 6.97. The molecule has 3 heteroatoms. The summed E-state index contributed by atoms with van der Waals surface area (Å²) in [6.07, 6.45) is 8.97. The van der Waals surface area contributed by atoms with Crippen molar-refractivity contribution < 1.29 is 9.53 Å². The molecule has 0 aliphatic heterocycles. The van der Waals surface area contributed by atoms with Crippen molar-refractivity contribution in [2.75, 3.05) is 13.7 Å². The van der Waals surface area contributed by atoms with Gasteiger partial charge in [0.15, 0.2) is 5.78 Å². The van der Waals surface area contributed by atoms with Crippen LogP contribution in [-0.2, 0) is 4.74 Å². The minimum absolute atomic E-state index is 0.221. The van der Waals surface area contributed by atoms with Gasteiger partial charge < -0.3 is 4.74 Å². The fourth-order valence-electron chi connectivity index (χ4n) is 4.89. The molecule has 2 aromatic carbocycles. The van der Waals surface area contributed by atoms with Crippen molar-refractivity contribution >= 4 is 11.4 Å². The number of hydrogen-bond acceptors (Lipinski definition) is 3. The number of allylic oxidation sites excluding steroid dienone is 3. The Bertz CT molecular complexity index is 1100. The second kappa shape index (κ2) is 15.2. The Balaban J connectivity index is 2.06. The van der Waals surface area contributed by atoms with Gasteiger partial charge in [0, 0.05) is 19.1 Å². The molecule has 3 nitrogen and oxygen atoms in total. The van der Waals surface area contributed by atoms with Crippen molar-refractivity contribution in [1.29, 1.82) is 5.26 Å². The predicted molar refractivity (Wildman–Crippen MR) is 151 cm³/mol. The summed E-state index contributed by atoms with van der Waals surface area (Å²) >= 11 is 0. The molecule has 0 fully saturated rings. The molecule has 0 aromatic heterocycles. The molecule has 0 N–H and O–H groups in total. The minimum atomic E-state index is 0.221. The highest BCUT2D eigenvalue weighted by Crippen LogP contribution is 2.29. The highest BCUT2D eigenvalue weighted by molar-refractivity contribution is 5.97. The van der Waals surface area contributed by atoms with Crippen molar-refractivity contribution in [1.82, 2.24) is 0 Å². The maximum Gasteiger partial charge on any atom is 0.162 e. The molecule has 0 bridgehead atoms. The van der Waals surface area contributed by atoms with Crippen LogP contribution in [0.3, 0.4) is 0 Å². The number of unbranched alkanes of at least 4 members (excludes halogenated alkanes) is 1. The minimum Gasteiger partial charge on any atom is -0.380 e. The zero-order valence-corrected chi connectivity index (χ0v) is 23.1. The van der Waals surface area contributed by atoms with Gasteiger partial charge in [-0.05, 0) is 104 Å². The van der Waals surface area contributed by atoms with Gasteiger partial charge in [0.05, 0.1) is 18.2 Å². The predicted octanol–water partition coefficient (Wildman–Crippen LogP) is 8.97. The van der Waals surface area contributed by atoms with Gasteiger partial charge in [-0.25, -0.2) is 0 Å². The number of carbonyl (C=O) groups excluding carboxylic acids is 1. The number of carbonyl (C=O) groups is 1. The Morgan fingerprint density at radius 3 is 2.39 bits per heavy atom. The maximum atomic E-state index is 13.1. The summed E-state index contributed by atoms with van der Waals surface area (Å²) in [7, 11) is 1.72. The van der Waals surface area contributed by atoms with Crippen LogP contribution < -0.4 is 0 Å². The summed E-state index contributed by atoms with van der Waals surface area (Å²) in [6, 6.07) is 16.3. The molecular weight excluding hydrogens is 442 g/mol. The van der Waals surface area contributed by atoms with Gasteiger partial charge in [0.1, 0.15) is 0 Å². The van der Waals surface area contributed by atoms with E-state index in [4.69, 9.17) is 10.00 Å². The largest absolute Gasteiger partial charge is 0.380 e. The Labute approximate surface area is 218 Å². The van der Waals surface area contributed by atoms with Gasteiger partial charge in [-0.3, -0.25) is 4.79 Å². The molecule has 0 amide bonds. The Morgan fingerprint density at radius 2 is 1.78 bits per heavy atom. The van der Waals surface area contributed by atoms with Crippen LogP contribution in [0.4, 0.5) is 0 Å². The van der Waals surface area contributed by atoms with Gasteiger partial charge in [-0.2, -0.15) is 5.26 Å². The van der Waals surface area contributed by atoms with E-state index in [-0.39, 0.29) is 5.78 Å². The van der Waals surface area contributed by atoms with Crippen LogP contribution in [-0.4, -0.2) is 19.5 Å². The Morgan fingerprint density at radius 1 is 1.06 bits per heavy atom. The van der Waals surface area contributed by atoms with E-state index in [2.05, 4.69) is 71.0 Å². The molecule has 36 heavy (non-hydrogen) atoms. The molecule has 2 rings (SSSR count). The van der Waals surface area contributed by atoms with Gasteiger partial charge in [-0.1, -0.05) is 57.0 Å². The standard InChI is InChI=1S/C33H43NO2/c1-7-11-29(30-18-15-27(22-34)16-19-30)12-9-10-13-33(35)31-17-14-25(4)32(21-31)26(5)28(8-2)20-24(3)23-36-6/h14-21,29H,7-13,23H2,1-6H3/b24-20+,28-26+. The summed E-state index contributed by atoms with van der Waals surface area (Å²) in [6.45, 7) is 11.4. The summed E-state index contributed by atoms with van der Waals surface area (Å²) in [5.74, 6) is 0.706. The Hall–Kier alpha value is -2.96. The number of nitrogens with zero attached hydrogens (tertiary/aromatic N) is 1. The summed E-state index contributed by atoms with van der Waals surface area (Å²) in [4.78, 5) is 13.1. The fraction of sp³-hybridized carbons (Fsp3) is 0.455. The summed E-state index contributed by atoms with van der Waals surface area (Å²) in [5.41, 5.74) is 8.86. The summed E-state index contributed by atoms with van der Waals surface area (Å²) < 4.78 is 5.27. The number of aryl methyl sites for hydroxylation is 1. The topological polar surface area (TPSA) is 50.1 Å². The fourth-order valence-corrected chi connectivity index (χ4v) is 4.89. The van der Waals surface area contributed by atoms with Crippen molar-refractivity contribution in [3.8, 4) is 6.07 Å². The van der Waals surface area contributed by atoms with E-state index in [1.54, 1.807) is 7.11 Å². The van der Waals surface area contributed by atoms with E-state index in [0.717, 1.165) is 49.7 Å². The smallest absolute Gasteiger partial charge is 0.162 e. The number of hydrogen-bond donors (Lipinski definition) is 0. The normalized spacial score (nSPS) is 13.2. The molecule has 0 saturated heterocycles. The number of methoxy groups -OCH3 is 1. The zero-order chi connectivity index (χ0) is 26.5. The molecule has 0 heterocycles. The van der Waals surface area contributed by atoms with Crippen LogP contribution in [0.5, 0.6) is 0 Å². The van der Waals surface area contributed by atoms with Crippen LogP contribution in [0, 0.1) is 18.3 Å². The van der Waals surface area contributed by atoms with Gasteiger partial charge >= 0.3 is 0 Å². The molecule has 0 aliphatic rings. The first kappa shape index (κ1) is 29.3. The number of nitriles is 1. The highest BCUT2D eigenvalue weighted by atomic mass is 16.5. The van der Waals surface area contributed by atoms with Crippen LogP contribution in [0.25, 0.3) is 5.57 Å². The lowest BCUT2D eigenvalue weighted by Gasteiger charge is -2.17. The number of Topliss-reactive ketones (excluding diaryl/α,β-unsaturated/α-hetero) is 1. The van der Waals surface area contributed by atoms with E-state index in [9.17, 15) is 4.79 Å². The number of benzene rings is 2. The van der Waals surface area contributed by atoms with Crippen LogP contribution in [0.15, 0.2) is 59.7 Å². The molecule has 0 spiro atoms. The average molecular weight is 486 g/mol. The van der Waals surface area contributed by atoms with E-state index in [1.165, 1.54) is 27.8 Å². The third-order valence-corrected chi connectivity index (χ3v) is 6.97. The van der Waals surface area contributed by atoms with Crippen molar-refractivity contribution in [2.45, 2.75) is 85.5 Å². The maximum absolute atomic E-state index is 13.1. The summed E-state index contributed by atoms with van der Waals surface area (Å²) in [5, 5.41) is 9.05. The molecule has 0 aliphatic carbocycles. The molecule has 192 valence electrons. The lowest BCUT2D eigenvalue weighted by atomic mass is 9.88. The average Bonchev–Trinajstić information content (AvgIpc) is 2.89. The zero-order valence-electron chi connectivity index (χ0n) is 23.1. The number of ether oxygens (including phenoxy) is 1. The third kappa shape index (κ3) is 8.61. The molecule has 0 saturated carbocycles. The second-order valence-electron chi connectivity index (χ2n) is 9.85. The molecule has 0 radical (unpaired) electrons. The Kier molecular flexibility index (Phi) is 12.4. The highest BCUT2D eigenvalue weighted by Gasteiger charge is 2.14. The van der Waals surface area contributed by atoms with Crippen LogP contribution >= 0.6 is 0 Å². The first-order chi connectivity index (χ1) is 17.3. The molecule has 1 atom stereocenters. The first-order valence-electron chi connectivity index (χ1n) is 13.3. The lowest BCUT2D eigenvalue weighted by molar-refractivity contribution is 0.0979. The molecule has 1 unspecified atom stereocenters. The van der Waals surface area contributed by atoms with E-state index < -0.39 is 0 Å². The molecule has 2 aromatic rings. The van der Waals surface area contributed by atoms with Crippen LogP contribution in [0.1, 0.15) is 111 Å². The monoisotopic (exact) mass is 485 g/mol. The van der Waals surface area contributed by atoms with Gasteiger partial charge in [0.25, 0.3) is 0 Å². The van der Waals surface area contributed by atoms with Gasteiger partial charge in [0.2, 0.25) is 0 Å². The first-order valence-corrected chi connectivity index (χ1v) is 13.3. The van der Waals surface area contributed by atoms with Crippen molar-refractivity contribution in [3.05, 3.63) is 87.5 Å². The number of ketones is 1. The molecular formula is C33H43NO2. The lowest BCUT2D eigenvalue weighted by Crippen LogP contribution is -2.03.